The van der Waals surface area contributed by atoms with Gasteiger partial charge in [-0.05, 0) is 49.8 Å². The molecule has 2 unspecified atom stereocenters. The third-order valence-electron chi connectivity index (χ3n) is 5.81. The number of hydrogen-bond donors (Lipinski definition) is 1. The van der Waals surface area contributed by atoms with Gasteiger partial charge >= 0.3 is 0 Å². The predicted octanol–water partition coefficient (Wildman–Crippen LogP) is 4.15. The first-order valence-corrected chi connectivity index (χ1v) is 8.84. The fraction of sp³-hybridized carbons (Fsp3) is 0.429. The van der Waals surface area contributed by atoms with Gasteiger partial charge in [-0.3, -0.25) is 4.90 Å². The molecule has 2 aromatic rings. The van der Waals surface area contributed by atoms with Crippen LogP contribution in [0.5, 0.6) is 0 Å². The highest BCUT2D eigenvalue weighted by atomic mass is 19.1. The maximum atomic E-state index is 14.4. The molecule has 2 bridgehead atoms. The summed E-state index contributed by atoms with van der Waals surface area (Å²) in [7, 11) is 0. The Hall–Kier alpha value is -1.71. The van der Waals surface area contributed by atoms with Gasteiger partial charge in [0.15, 0.2) is 0 Å². The zero-order valence-electron chi connectivity index (χ0n) is 14.1. The van der Waals surface area contributed by atoms with Crippen molar-refractivity contribution in [3.05, 3.63) is 71.0 Å². The van der Waals surface area contributed by atoms with Gasteiger partial charge in [-0.2, -0.15) is 0 Å². The minimum absolute atomic E-state index is 0.270. The van der Waals surface area contributed by atoms with Crippen molar-refractivity contribution in [3.63, 3.8) is 0 Å². The third-order valence-corrected chi connectivity index (χ3v) is 5.81. The van der Waals surface area contributed by atoms with Gasteiger partial charge in [0.25, 0.3) is 0 Å². The van der Waals surface area contributed by atoms with Crippen LogP contribution in [0.15, 0.2) is 48.5 Å². The topological polar surface area (TPSA) is 23.5 Å². The molecule has 1 N–H and O–H groups in total. The Bertz CT molecular complexity index is 696. The van der Waals surface area contributed by atoms with Gasteiger partial charge in [-0.15, -0.1) is 0 Å². The average Bonchev–Trinajstić information content (AvgIpc) is 2.79. The highest BCUT2D eigenvalue weighted by Crippen LogP contribution is 2.47. The number of rotatable bonds is 3. The van der Waals surface area contributed by atoms with Gasteiger partial charge in [-0.1, -0.05) is 42.5 Å². The van der Waals surface area contributed by atoms with Crippen LogP contribution in [0.25, 0.3) is 0 Å². The summed E-state index contributed by atoms with van der Waals surface area (Å²) in [6, 6.07) is 16.2. The van der Waals surface area contributed by atoms with Crippen molar-refractivity contribution >= 4 is 0 Å². The van der Waals surface area contributed by atoms with Crippen LogP contribution in [0.4, 0.5) is 4.39 Å². The fourth-order valence-corrected chi connectivity index (χ4v) is 4.79. The summed E-state index contributed by atoms with van der Waals surface area (Å²) in [6.45, 7) is 2.82. The Balaban J connectivity index is 1.60. The Labute approximate surface area is 142 Å². The molecule has 126 valence electrons. The Morgan fingerprint density at radius 3 is 2.33 bits per heavy atom. The lowest BCUT2D eigenvalue weighted by Crippen LogP contribution is -2.49. The zero-order valence-corrected chi connectivity index (χ0v) is 14.1. The maximum absolute atomic E-state index is 14.4. The molecule has 24 heavy (non-hydrogen) atoms. The first-order valence-electron chi connectivity index (χ1n) is 8.84. The molecule has 2 nitrogen and oxygen atoms in total. The molecule has 0 aromatic heterocycles. The Morgan fingerprint density at radius 2 is 1.71 bits per heavy atom. The van der Waals surface area contributed by atoms with E-state index in [-0.39, 0.29) is 5.82 Å². The van der Waals surface area contributed by atoms with E-state index >= 15 is 0 Å². The molecular formula is C21H24FNO. The number of aliphatic hydroxyl groups is 1. The van der Waals surface area contributed by atoms with Crippen molar-refractivity contribution < 1.29 is 9.50 Å². The molecule has 0 amide bonds. The number of benzene rings is 2. The molecule has 2 fully saturated rings. The third kappa shape index (κ3) is 2.66. The van der Waals surface area contributed by atoms with Gasteiger partial charge in [0.05, 0.1) is 5.60 Å². The van der Waals surface area contributed by atoms with E-state index in [1.807, 2.05) is 19.1 Å². The van der Waals surface area contributed by atoms with Crippen molar-refractivity contribution in [3.8, 4) is 0 Å². The van der Waals surface area contributed by atoms with E-state index in [4.69, 9.17) is 0 Å². The predicted molar refractivity (Wildman–Crippen MR) is 93.1 cm³/mol. The number of hydrogen-bond acceptors (Lipinski definition) is 2. The van der Waals surface area contributed by atoms with Crippen LogP contribution in [-0.2, 0) is 12.1 Å². The number of halogens is 1. The summed E-state index contributed by atoms with van der Waals surface area (Å²) in [5, 5.41) is 11.3. The lowest BCUT2D eigenvalue weighted by molar-refractivity contribution is -0.0619. The fourth-order valence-electron chi connectivity index (χ4n) is 4.79. The number of aryl methyl sites for hydroxylation is 1. The highest BCUT2D eigenvalue weighted by molar-refractivity contribution is 5.34. The van der Waals surface area contributed by atoms with E-state index in [1.165, 1.54) is 11.6 Å². The van der Waals surface area contributed by atoms with Crippen molar-refractivity contribution in [1.29, 1.82) is 0 Å². The zero-order chi connectivity index (χ0) is 16.7. The summed E-state index contributed by atoms with van der Waals surface area (Å²) in [5.41, 5.74) is 1.64. The summed E-state index contributed by atoms with van der Waals surface area (Å²) in [4.78, 5) is 2.51. The number of piperidine rings is 1. The number of nitrogens with zero attached hydrogens (tertiary/aromatic N) is 1. The van der Waals surface area contributed by atoms with Crippen LogP contribution in [-0.4, -0.2) is 22.1 Å². The second kappa shape index (κ2) is 5.98. The molecule has 2 aliphatic heterocycles. The maximum Gasteiger partial charge on any atom is 0.129 e. The molecule has 2 atom stereocenters. The van der Waals surface area contributed by atoms with Crippen molar-refractivity contribution in [2.24, 2.45) is 0 Å². The van der Waals surface area contributed by atoms with E-state index in [2.05, 4.69) is 29.2 Å². The van der Waals surface area contributed by atoms with Crippen molar-refractivity contribution in [2.45, 2.75) is 56.8 Å². The molecule has 3 heteroatoms. The van der Waals surface area contributed by atoms with E-state index in [9.17, 15) is 9.50 Å². The lowest BCUT2D eigenvalue weighted by atomic mass is 9.78. The van der Waals surface area contributed by atoms with E-state index in [1.54, 1.807) is 6.07 Å². The van der Waals surface area contributed by atoms with E-state index < -0.39 is 5.60 Å². The van der Waals surface area contributed by atoms with E-state index in [0.29, 0.717) is 30.5 Å². The van der Waals surface area contributed by atoms with Crippen molar-refractivity contribution in [1.82, 2.24) is 4.90 Å². The highest BCUT2D eigenvalue weighted by Gasteiger charge is 2.49. The standard InChI is InChI=1S/C21H24FNO/c1-15-6-5-9-19(22)20(15)21(24)12-17-10-11-18(13-21)23(17)14-16-7-3-2-4-8-16/h2-9,17-18,24H,10-14H2,1H3. The molecular weight excluding hydrogens is 301 g/mol. The van der Waals surface area contributed by atoms with Gasteiger partial charge < -0.3 is 5.11 Å². The quantitative estimate of drug-likeness (QED) is 0.916. The Morgan fingerprint density at radius 1 is 1.04 bits per heavy atom. The molecule has 0 saturated carbocycles. The van der Waals surface area contributed by atoms with Crippen LogP contribution in [0.2, 0.25) is 0 Å². The largest absolute Gasteiger partial charge is 0.385 e. The summed E-state index contributed by atoms with van der Waals surface area (Å²) >= 11 is 0. The molecule has 0 spiro atoms. The normalized spacial score (nSPS) is 29.8. The molecule has 2 aromatic carbocycles. The molecule has 4 rings (SSSR count). The SMILES string of the molecule is Cc1cccc(F)c1C1(O)CC2CCC(C1)N2Cc1ccccc1. The second-order valence-electron chi connectivity index (χ2n) is 7.41. The molecule has 2 heterocycles. The minimum Gasteiger partial charge on any atom is -0.385 e. The van der Waals surface area contributed by atoms with Crippen LogP contribution in [0.3, 0.4) is 0 Å². The monoisotopic (exact) mass is 325 g/mol. The molecule has 2 aliphatic rings. The van der Waals surface area contributed by atoms with Gasteiger partial charge in [-0.25, -0.2) is 4.39 Å². The second-order valence-corrected chi connectivity index (χ2v) is 7.41. The minimum atomic E-state index is -1.03. The lowest BCUT2D eigenvalue weighted by Gasteiger charge is -2.44. The van der Waals surface area contributed by atoms with Gasteiger partial charge in [0, 0.05) is 24.2 Å². The van der Waals surface area contributed by atoms with Crippen LogP contribution < -0.4 is 0 Å². The molecule has 0 radical (unpaired) electrons. The molecule has 2 saturated heterocycles. The smallest absolute Gasteiger partial charge is 0.129 e. The van der Waals surface area contributed by atoms with Crippen LogP contribution in [0, 0.1) is 12.7 Å². The summed E-state index contributed by atoms with van der Waals surface area (Å²) in [6.07, 6.45) is 3.43. The Kier molecular flexibility index (Phi) is 3.93. The first-order chi connectivity index (χ1) is 11.6. The summed E-state index contributed by atoms with van der Waals surface area (Å²) < 4.78 is 14.4. The van der Waals surface area contributed by atoms with Crippen molar-refractivity contribution in [2.75, 3.05) is 0 Å². The average molecular weight is 325 g/mol. The van der Waals surface area contributed by atoms with E-state index in [0.717, 1.165) is 24.9 Å². The first kappa shape index (κ1) is 15.8. The summed E-state index contributed by atoms with van der Waals surface area (Å²) in [5.74, 6) is -0.270. The number of fused-ring (bicyclic) bond motifs is 2. The van der Waals surface area contributed by atoms with Gasteiger partial charge in [0.1, 0.15) is 5.82 Å². The van der Waals surface area contributed by atoms with Gasteiger partial charge in [0.2, 0.25) is 0 Å². The molecule has 0 aliphatic carbocycles. The van der Waals surface area contributed by atoms with Crippen LogP contribution in [0.1, 0.15) is 42.4 Å². The van der Waals surface area contributed by atoms with Crippen LogP contribution >= 0.6 is 0 Å².